The van der Waals surface area contributed by atoms with Crippen molar-refractivity contribution in [1.82, 2.24) is 5.32 Å². The van der Waals surface area contributed by atoms with E-state index in [9.17, 15) is 0 Å². The van der Waals surface area contributed by atoms with Crippen LogP contribution in [0.2, 0.25) is 0 Å². The zero-order chi connectivity index (χ0) is 13.7. The minimum absolute atomic E-state index is 0.278. The van der Waals surface area contributed by atoms with E-state index in [0.29, 0.717) is 6.04 Å². The molecule has 19 heavy (non-hydrogen) atoms. The summed E-state index contributed by atoms with van der Waals surface area (Å²) >= 11 is 0. The van der Waals surface area contributed by atoms with E-state index in [1.165, 1.54) is 29.7 Å². The molecule has 0 aliphatic carbocycles. The number of hydrogen-bond acceptors (Lipinski definition) is 3. The molecule has 3 nitrogen and oxygen atoms in total. The summed E-state index contributed by atoms with van der Waals surface area (Å²) < 4.78 is 0. The standard InChI is InChI=1S/C16H26N2O/c1-13-6-7-16(11-14(13)2)18-9-3-5-15(12-18)17-8-4-10-19/h6-7,11,15,17,19H,3-5,8-10,12H2,1-2H3. The molecule has 1 heterocycles. The lowest BCUT2D eigenvalue weighted by atomic mass is 10.0. The Morgan fingerprint density at radius 2 is 2.16 bits per heavy atom. The summed E-state index contributed by atoms with van der Waals surface area (Å²) in [5.41, 5.74) is 4.07. The molecule has 0 saturated carbocycles. The molecule has 2 N–H and O–H groups in total. The number of aryl methyl sites for hydroxylation is 2. The number of piperidine rings is 1. The molecule has 2 rings (SSSR count). The van der Waals surface area contributed by atoms with Crippen molar-refractivity contribution in [2.45, 2.75) is 39.2 Å². The van der Waals surface area contributed by atoms with Gasteiger partial charge in [-0.2, -0.15) is 0 Å². The molecule has 1 aliphatic heterocycles. The van der Waals surface area contributed by atoms with E-state index in [1.54, 1.807) is 0 Å². The van der Waals surface area contributed by atoms with Crippen LogP contribution < -0.4 is 10.2 Å². The third-order valence-corrected chi connectivity index (χ3v) is 4.04. The quantitative estimate of drug-likeness (QED) is 0.799. The fraction of sp³-hybridized carbons (Fsp3) is 0.625. The second kappa shape index (κ2) is 6.92. The van der Waals surface area contributed by atoms with Gasteiger partial charge in [-0.3, -0.25) is 0 Å². The number of rotatable bonds is 5. The molecule has 106 valence electrons. The second-order valence-corrected chi connectivity index (χ2v) is 5.59. The zero-order valence-corrected chi connectivity index (χ0v) is 12.2. The van der Waals surface area contributed by atoms with Gasteiger partial charge in [0.25, 0.3) is 0 Å². The van der Waals surface area contributed by atoms with Crippen LogP contribution in [0.4, 0.5) is 5.69 Å². The summed E-state index contributed by atoms with van der Waals surface area (Å²) in [6.45, 7) is 7.77. The highest BCUT2D eigenvalue weighted by Crippen LogP contribution is 2.22. The molecule has 1 saturated heterocycles. The van der Waals surface area contributed by atoms with Gasteiger partial charge in [0.15, 0.2) is 0 Å². The van der Waals surface area contributed by atoms with E-state index in [0.717, 1.165) is 26.1 Å². The van der Waals surface area contributed by atoms with Crippen LogP contribution in [-0.4, -0.2) is 37.4 Å². The molecular formula is C16H26N2O. The van der Waals surface area contributed by atoms with Crippen molar-refractivity contribution < 1.29 is 5.11 Å². The number of aliphatic hydroxyl groups is 1. The van der Waals surface area contributed by atoms with Gasteiger partial charge in [0.2, 0.25) is 0 Å². The van der Waals surface area contributed by atoms with E-state index in [4.69, 9.17) is 5.11 Å². The zero-order valence-electron chi connectivity index (χ0n) is 12.2. The summed E-state index contributed by atoms with van der Waals surface area (Å²) in [6.07, 6.45) is 3.33. The number of nitrogens with zero attached hydrogens (tertiary/aromatic N) is 1. The molecule has 0 spiro atoms. The first-order valence-corrected chi connectivity index (χ1v) is 7.37. The molecule has 1 aliphatic rings. The lowest BCUT2D eigenvalue weighted by Gasteiger charge is -2.35. The van der Waals surface area contributed by atoms with Gasteiger partial charge in [-0.15, -0.1) is 0 Å². The van der Waals surface area contributed by atoms with E-state index in [-0.39, 0.29) is 6.61 Å². The Labute approximate surface area is 116 Å². The molecule has 1 aromatic rings. The Bertz CT molecular complexity index is 406. The van der Waals surface area contributed by atoms with Crippen LogP contribution in [0.25, 0.3) is 0 Å². The molecule has 1 unspecified atom stereocenters. The first-order chi connectivity index (χ1) is 9.20. The Hall–Kier alpha value is -1.06. The van der Waals surface area contributed by atoms with Crippen molar-refractivity contribution in [3.63, 3.8) is 0 Å². The third kappa shape index (κ3) is 3.95. The summed E-state index contributed by atoms with van der Waals surface area (Å²) in [6, 6.07) is 7.30. The van der Waals surface area contributed by atoms with Crippen LogP contribution in [0.5, 0.6) is 0 Å². The first kappa shape index (κ1) is 14.4. The van der Waals surface area contributed by atoms with Crippen molar-refractivity contribution in [2.24, 2.45) is 0 Å². The Morgan fingerprint density at radius 3 is 2.89 bits per heavy atom. The van der Waals surface area contributed by atoms with Crippen LogP contribution >= 0.6 is 0 Å². The van der Waals surface area contributed by atoms with Gasteiger partial charge < -0.3 is 15.3 Å². The normalized spacial score (nSPS) is 19.7. The molecule has 3 heteroatoms. The van der Waals surface area contributed by atoms with E-state index < -0.39 is 0 Å². The minimum atomic E-state index is 0.278. The van der Waals surface area contributed by atoms with Gasteiger partial charge in [0.05, 0.1) is 0 Å². The van der Waals surface area contributed by atoms with Gasteiger partial charge >= 0.3 is 0 Å². The Morgan fingerprint density at radius 1 is 1.32 bits per heavy atom. The average molecular weight is 262 g/mol. The Balaban J connectivity index is 1.94. The highest BCUT2D eigenvalue weighted by atomic mass is 16.3. The lowest BCUT2D eigenvalue weighted by molar-refractivity contribution is 0.280. The predicted octanol–water partition coefficient (Wildman–Crippen LogP) is 2.24. The van der Waals surface area contributed by atoms with Crippen LogP contribution in [0.15, 0.2) is 18.2 Å². The van der Waals surface area contributed by atoms with Crippen LogP contribution in [0.3, 0.4) is 0 Å². The number of benzene rings is 1. The summed E-state index contributed by atoms with van der Waals surface area (Å²) in [4.78, 5) is 2.48. The fourth-order valence-electron chi connectivity index (χ4n) is 2.69. The van der Waals surface area contributed by atoms with E-state index in [2.05, 4.69) is 42.3 Å². The fourth-order valence-corrected chi connectivity index (χ4v) is 2.69. The molecular weight excluding hydrogens is 236 g/mol. The monoisotopic (exact) mass is 262 g/mol. The third-order valence-electron chi connectivity index (χ3n) is 4.04. The van der Waals surface area contributed by atoms with Crippen molar-refractivity contribution in [2.75, 3.05) is 31.1 Å². The van der Waals surface area contributed by atoms with Gasteiger partial charge in [-0.05, 0) is 62.9 Å². The van der Waals surface area contributed by atoms with Crippen molar-refractivity contribution in [3.05, 3.63) is 29.3 Å². The highest BCUT2D eigenvalue weighted by molar-refractivity contribution is 5.51. The molecule has 1 aromatic carbocycles. The van der Waals surface area contributed by atoms with Gasteiger partial charge in [0, 0.05) is 31.4 Å². The number of nitrogens with one attached hydrogen (secondary N) is 1. The maximum atomic E-state index is 8.83. The van der Waals surface area contributed by atoms with E-state index in [1.807, 2.05) is 0 Å². The summed E-state index contributed by atoms with van der Waals surface area (Å²) in [5.74, 6) is 0. The van der Waals surface area contributed by atoms with Crippen LogP contribution in [0.1, 0.15) is 30.4 Å². The summed E-state index contributed by atoms with van der Waals surface area (Å²) in [5, 5.41) is 12.4. The van der Waals surface area contributed by atoms with Gasteiger partial charge in [-0.1, -0.05) is 6.07 Å². The van der Waals surface area contributed by atoms with Crippen molar-refractivity contribution in [3.8, 4) is 0 Å². The second-order valence-electron chi connectivity index (χ2n) is 5.59. The minimum Gasteiger partial charge on any atom is -0.396 e. The number of aliphatic hydroxyl groups excluding tert-OH is 1. The maximum Gasteiger partial charge on any atom is 0.0443 e. The topological polar surface area (TPSA) is 35.5 Å². The molecule has 0 amide bonds. The molecule has 0 aromatic heterocycles. The first-order valence-electron chi connectivity index (χ1n) is 7.37. The van der Waals surface area contributed by atoms with Crippen LogP contribution in [0, 0.1) is 13.8 Å². The van der Waals surface area contributed by atoms with E-state index >= 15 is 0 Å². The van der Waals surface area contributed by atoms with Gasteiger partial charge in [-0.25, -0.2) is 0 Å². The summed E-state index contributed by atoms with van der Waals surface area (Å²) in [7, 11) is 0. The van der Waals surface area contributed by atoms with Crippen molar-refractivity contribution in [1.29, 1.82) is 0 Å². The highest BCUT2D eigenvalue weighted by Gasteiger charge is 2.19. The SMILES string of the molecule is Cc1ccc(N2CCCC(NCCCO)C2)cc1C. The molecule has 0 bridgehead atoms. The maximum absolute atomic E-state index is 8.83. The largest absolute Gasteiger partial charge is 0.396 e. The van der Waals surface area contributed by atoms with Gasteiger partial charge in [0.1, 0.15) is 0 Å². The van der Waals surface area contributed by atoms with Crippen LogP contribution in [-0.2, 0) is 0 Å². The molecule has 1 atom stereocenters. The average Bonchev–Trinajstić information content (AvgIpc) is 2.43. The number of anilines is 1. The smallest absolute Gasteiger partial charge is 0.0443 e. The molecule has 0 radical (unpaired) electrons. The van der Waals surface area contributed by atoms with Crippen molar-refractivity contribution >= 4 is 5.69 Å². The number of hydrogen-bond donors (Lipinski definition) is 2. The predicted molar refractivity (Wildman–Crippen MR) is 80.9 cm³/mol. The molecule has 1 fully saturated rings. The lowest BCUT2D eigenvalue weighted by Crippen LogP contribution is -2.46. The Kier molecular flexibility index (Phi) is 5.23.